The van der Waals surface area contributed by atoms with E-state index in [0.29, 0.717) is 0 Å². The second kappa shape index (κ2) is 6.86. The predicted octanol–water partition coefficient (Wildman–Crippen LogP) is 3.06. The van der Waals surface area contributed by atoms with Crippen LogP contribution in [0.3, 0.4) is 0 Å². The Morgan fingerprint density at radius 2 is 1.93 bits per heavy atom. The fourth-order valence-corrected chi connectivity index (χ4v) is 1.64. The number of aryl methyl sites for hydroxylation is 2. The highest BCUT2D eigenvalue weighted by atomic mass is 35.5. The van der Waals surface area contributed by atoms with Crippen LogP contribution in [0.5, 0.6) is 0 Å². The largest absolute Gasteiger partial charge is 0.316 e. The molecule has 0 atom stereocenters. The van der Waals surface area contributed by atoms with Gasteiger partial charge in [0.25, 0.3) is 0 Å². The molecule has 0 aromatic heterocycles. The van der Waals surface area contributed by atoms with Gasteiger partial charge in [-0.15, -0.1) is 11.6 Å². The topological polar surface area (TPSA) is 12.0 Å². The van der Waals surface area contributed by atoms with E-state index in [1.165, 1.54) is 16.7 Å². The van der Waals surface area contributed by atoms with Crippen LogP contribution in [-0.2, 0) is 6.42 Å². The zero-order valence-corrected chi connectivity index (χ0v) is 10.4. The third kappa shape index (κ3) is 4.67. The van der Waals surface area contributed by atoms with Crippen LogP contribution in [0.4, 0.5) is 0 Å². The normalized spacial score (nSPS) is 10.6. The average Bonchev–Trinajstić information content (AvgIpc) is 2.23. The van der Waals surface area contributed by atoms with E-state index < -0.39 is 0 Å². The molecule has 0 radical (unpaired) electrons. The SMILES string of the molecule is Cc1ccc(CCNCCCCl)cc1C. The summed E-state index contributed by atoms with van der Waals surface area (Å²) in [6, 6.07) is 6.69. The molecule has 0 aliphatic carbocycles. The van der Waals surface area contributed by atoms with Crippen LogP contribution in [0, 0.1) is 13.8 Å². The van der Waals surface area contributed by atoms with Crippen molar-refractivity contribution in [3.8, 4) is 0 Å². The molecule has 1 nitrogen and oxygen atoms in total. The molecule has 84 valence electrons. The lowest BCUT2D eigenvalue weighted by molar-refractivity contribution is 0.673. The Kier molecular flexibility index (Phi) is 5.74. The smallest absolute Gasteiger partial charge is 0.0235 e. The van der Waals surface area contributed by atoms with Crippen molar-refractivity contribution in [3.05, 3.63) is 34.9 Å². The lowest BCUT2D eigenvalue weighted by Crippen LogP contribution is -2.18. The van der Waals surface area contributed by atoms with Crippen molar-refractivity contribution in [1.82, 2.24) is 5.32 Å². The predicted molar refractivity (Wildman–Crippen MR) is 67.8 cm³/mol. The van der Waals surface area contributed by atoms with Crippen molar-refractivity contribution < 1.29 is 0 Å². The van der Waals surface area contributed by atoms with Gasteiger partial charge in [0.05, 0.1) is 0 Å². The zero-order valence-electron chi connectivity index (χ0n) is 9.65. The van der Waals surface area contributed by atoms with Gasteiger partial charge in [0.2, 0.25) is 0 Å². The molecule has 0 amide bonds. The van der Waals surface area contributed by atoms with Gasteiger partial charge in [-0.25, -0.2) is 0 Å². The maximum Gasteiger partial charge on any atom is 0.0235 e. The van der Waals surface area contributed by atoms with Crippen LogP contribution in [0.25, 0.3) is 0 Å². The third-order valence-corrected chi connectivity index (χ3v) is 2.92. The van der Waals surface area contributed by atoms with E-state index in [0.717, 1.165) is 31.8 Å². The molecular weight excluding hydrogens is 206 g/mol. The monoisotopic (exact) mass is 225 g/mol. The molecule has 1 rings (SSSR count). The van der Waals surface area contributed by atoms with Crippen LogP contribution in [-0.4, -0.2) is 19.0 Å². The van der Waals surface area contributed by atoms with Gasteiger partial charge in [-0.1, -0.05) is 18.2 Å². The second-order valence-corrected chi connectivity index (χ2v) is 4.34. The molecular formula is C13H20ClN. The molecule has 1 aromatic rings. The average molecular weight is 226 g/mol. The van der Waals surface area contributed by atoms with Crippen LogP contribution in [0.2, 0.25) is 0 Å². The van der Waals surface area contributed by atoms with Gasteiger partial charge in [-0.2, -0.15) is 0 Å². The van der Waals surface area contributed by atoms with E-state index in [1.54, 1.807) is 0 Å². The summed E-state index contributed by atoms with van der Waals surface area (Å²) in [5.41, 5.74) is 4.17. The van der Waals surface area contributed by atoms with Gasteiger partial charge in [0, 0.05) is 5.88 Å². The van der Waals surface area contributed by atoms with Gasteiger partial charge in [-0.05, 0) is 56.5 Å². The number of alkyl halides is 1. The van der Waals surface area contributed by atoms with Crippen LogP contribution in [0.1, 0.15) is 23.1 Å². The van der Waals surface area contributed by atoms with Crippen LogP contribution < -0.4 is 5.32 Å². The molecule has 0 aliphatic heterocycles. The van der Waals surface area contributed by atoms with Gasteiger partial charge in [0.1, 0.15) is 0 Å². The standard InChI is InChI=1S/C13H20ClN/c1-11-4-5-13(10-12(11)2)6-9-15-8-3-7-14/h4-5,10,15H,3,6-9H2,1-2H3. The van der Waals surface area contributed by atoms with E-state index in [1.807, 2.05) is 0 Å². The zero-order chi connectivity index (χ0) is 11.1. The molecule has 15 heavy (non-hydrogen) atoms. The van der Waals surface area contributed by atoms with E-state index in [4.69, 9.17) is 11.6 Å². The molecule has 0 heterocycles. The lowest BCUT2D eigenvalue weighted by Gasteiger charge is -2.06. The Bertz CT molecular complexity index is 297. The summed E-state index contributed by atoms with van der Waals surface area (Å²) in [7, 11) is 0. The van der Waals surface area contributed by atoms with E-state index in [2.05, 4.69) is 37.4 Å². The molecule has 1 aromatic carbocycles. The molecule has 2 heteroatoms. The molecule has 0 bridgehead atoms. The molecule has 0 aliphatic rings. The number of hydrogen-bond donors (Lipinski definition) is 1. The Morgan fingerprint density at radius 1 is 1.13 bits per heavy atom. The first kappa shape index (κ1) is 12.5. The second-order valence-electron chi connectivity index (χ2n) is 3.96. The quantitative estimate of drug-likeness (QED) is 0.580. The van der Waals surface area contributed by atoms with Gasteiger partial charge < -0.3 is 5.32 Å². The molecule has 0 spiro atoms. The number of nitrogens with one attached hydrogen (secondary N) is 1. The molecule has 0 fully saturated rings. The summed E-state index contributed by atoms with van der Waals surface area (Å²) < 4.78 is 0. The lowest BCUT2D eigenvalue weighted by atomic mass is 10.0. The first-order chi connectivity index (χ1) is 7.24. The summed E-state index contributed by atoms with van der Waals surface area (Å²) >= 11 is 5.60. The van der Waals surface area contributed by atoms with Crippen molar-refractivity contribution in [2.45, 2.75) is 26.7 Å². The first-order valence-electron chi connectivity index (χ1n) is 5.57. The van der Waals surface area contributed by atoms with Crippen molar-refractivity contribution in [2.75, 3.05) is 19.0 Å². The Morgan fingerprint density at radius 3 is 2.60 bits per heavy atom. The van der Waals surface area contributed by atoms with Crippen molar-refractivity contribution in [2.24, 2.45) is 0 Å². The van der Waals surface area contributed by atoms with Crippen molar-refractivity contribution in [1.29, 1.82) is 0 Å². The Balaban J connectivity index is 2.28. The van der Waals surface area contributed by atoms with E-state index >= 15 is 0 Å². The van der Waals surface area contributed by atoms with Gasteiger partial charge in [-0.3, -0.25) is 0 Å². The highest BCUT2D eigenvalue weighted by Gasteiger charge is 1.96. The minimum Gasteiger partial charge on any atom is -0.316 e. The first-order valence-corrected chi connectivity index (χ1v) is 6.10. The third-order valence-electron chi connectivity index (χ3n) is 2.65. The van der Waals surface area contributed by atoms with Crippen molar-refractivity contribution >= 4 is 11.6 Å². The minimum absolute atomic E-state index is 0.747. The summed E-state index contributed by atoms with van der Waals surface area (Å²) in [6.07, 6.45) is 2.15. The molecule has 0 saturated carbocycles. The molecule has 1 N–H and O–H groups in total. The maximum absolute atomic E-state index is 5.60. The number of benzene rings is 1. The highest BCUT2D eigenvalue weighted by Crippen LogP contribution is 2.09. The number of rotatable bonds is 6. The Hall–Kier alpha value is -0.530. The highest BCUT2D eigenvalue weighted by molar-refractivity contribution is 6.17. The number of halogens is 1. The molecule has 0 saturated heterocycles. The number of hydrogen-bond acceptors (Lipinski definition) is 1. The van der Waals surface area contributed by atoms with Gasteiger partial charge in [0.15, 0.2) is 0 Å². The molecule has 0 unspecified atom stereocenters. The summed E-state index contributed by atoms with van der Waals surface area (Å²) in [6.45, 7) is 6.38. The fraction of sp³-hybridized carbons (Fsp3) is 0.538. The van der Waals surface area contributed by atoms with Crippen molar-refractivity contribution in [3.63, 3.8) is 0 Å². The maximum atomic E-state index is 5.60. The van der Waals surface area contributed by atoms with E-state index in [-0.39, 0.29) is 0 Å². The van der Waals surface area contributed by atoms with Crippen LogP contribution in [0.15, 0.2) is 18.2 Å². The van der Waals surface area contributed by atoms with Crippen LogP contribution >= 0.6 is 11.6 Å². The summed E-state index contributed by atoms with van der Waals surface area (Å²) in [5, 5.41) is 3.38. The minimum atomic E-state index is 0.747. The Labute approximate surface area is 97.8 Å². The van der Waals surface area contributed by atoms with E-state index in [9.17, 15) is 0 Å². The summed E-state index contributed by atoms with van der Waals surface area (Å²) in [4.78, 5) is 0. The fourth-order valence-electron chi connectivity index (χ4n) is 1.51. The van der Waals surface area contributed by atoms with Gasteiger partial charge >= 0.3 is 0 Å². The summed E-state index contributed by atoms with van der Waals surface area (Å²) in [5.74, 6) is 0.747.